The van der Waals surface area contributed by atoms with E-state index in [4.69, 9.17) is 14.2 Å². The topological polar surface area (TPSA) is 102 Å². The molecule has 7 nitrogen and oxygen atoms in total. The zero-order chi connectivity index (χ0) is 18.1. The highest BCUT2D eigenvalue weighted by Gasteiger charge is 2.18. The summed E-state index contributed by atoms with van der Waals surface area (Å²) >= 11 is 0. The molecule has 7 heteroatoms. The van der Waals surface area contributed by atoms with Gasteiger partial charge in [-0.2, -0.15) is 0 Å². The molecule has 0 amide bonds. The summed E-state index contributed by atoms with van der Waals surface area (Å²) in [5.41, 5.74) is 0.177. The van der Waals surface area contributed by atoms with Crippen molar-refractivity contribution in [2.45, 2.75) is 50.7 Å². The van der Waals surface area contributed by atoms with Crippen molar-refractivity contribution in [1.82, 2.24) is 0 Å². The molecular weight excluding hydrogens is 328 g/mol. The summed E-state index contributed by atoms with van der Waals surface area (Å²) in [5.74, 6) is -2.16. The molecule has 0 saturated carbocycles. The van der Waals surface area contributed by atoms with Crippen LogP contribution >= 0.6 is 0 Å². The van der Waals surface area contributed by atoms with Gasteiger partial charge in [-0.25, -0.2) is 9.59 Å². The summed E-state index contributed by atoms with van der Waals surface area (Å²) in [6.07, 6.45) is 8.25. The van der Waals surface area contributed by atoms with Gasteiger partial charge in [-0.05, 0) is 50.7 Å². The molecule has 2 heterocycles. The minimum atomic E-state index is -1.08. The fraction of sp³-hybridized carbons (Fsp3) is 0.667. The van der Waals surface area contributed by atoms with Gasteiger partial charge < -0.3 is 24.4 Å². The van der Waals surface area contributed by atoms with Crippen molar-refractivity contribution in [2.75, 3.05) is 26.4 Å². The molecule has 2 aliphatic rings. The molecule has 0 radical (unpaired) electrons. The van der Waals surface area contributed by atoms with Gasteiger partial charge in [0.05, 0.1) is 36.6 Å². The van der Waals surface area contributed by atoms with Gasteiger partial charge in [-0.3, -0.25) is 0 Å². The van der Waals surface area contributed by atoms with Crippen molar-refractivity contribution in [3.63, 3.8) is 0 Å². The fourth-order valence-corrected chi connectivity index (χ4v) is 2.88. The first-order valence-corrected chi connectivity index (χ1v) is 8.75. The monoisotopic (exact) mass is 354 g/mol. The fourth-order valence-electron chi connectivity index (χ4n) is 2.88. The van der Waals surface area contributed by atoms with Crippen LogP contribution in [-0.2, 0) is 23.8 Å². The predicted octanol–water partition coefficient (Wildman–Crippen LogP) is 2.16. The summed E-state index contributed by atoms with van der Waals surface area (Å²) in [6.45, 7) is 0.932. The van der Waals surface area contributed by atoms with E-state index in [2.05, 4.69) is 0 Å². The lowest BCUT2D eigenvalue weighted by molar-refractivity contribution is -0.133. The number of hydrogen-bond acceptors (Lipinski definition) is 5. The van der Waals surface area contributed by atoms with Crippen LogP contribution in [0.5, 0.6) is 0 Å². The van der Waals surface area contributed by atoms with Gasteiger partial charge in [-0.1, -0.05) is 0 Å². The molecule has 0 aromatic carbocycles. The standard InChI is InChI=1S/C18H26O7/c19-17(20)13(9-15-5-1-3-7-24-15)11-23-12-14(18(21)22)10-16-6-2-4-8-25-16/h9-10,15-16H,1-8,11-12H2,(H,19,20)(H,21,22). The molecule has 0 aromatic rings. The number of carbonyl (C=O) groups is 2. The van der Waals surface area contributed by atoms with Gasteiger partial charge in [0, 0.05) is 13.2 Å². The molecule has 2 unspecified atom stereocenters. The van der Waals surface area contributed by atoms with Crippen LogP contribution in [0.3, 0.4) is 0 Å². The van der Waals surface area contributed by atoms with Crippen molar-refractivity contribution >= 4 is 11.9 Å². The number of rotatable bonds is 8. The molecule has 2 atom stereocenters. The van der Waals surface area contributed by atoms with E-state index < -0.39 is 11.9 Å². The Hall–Kier alpha value is -1.70. The molecule has 2 aliphatic heterocycles. The Morgan fingerprint density at radius 1 is 0.840 bits per heavy atom. The summed E-state index contributed by atoms with van der Waals surface area (Å²) in [4.78, 5) is 22.7. The average molecular weight is 354 g/mol. The van der Waals surface area contributed by atoms with Gasteiger partial charge in [0.1, 0.15) is 0 Å². The van der Waals surface area contributed by atoms with Gasteiger partial charge >= 0.3 is 11.9 Å². The molecule has 140 valence electrons. The zero-order valence-electron chi connectivity index (χ0n) is 14.3. The maximum absolute atomic E-state index is 11.3. The highest BCUT2D eigenvalue weighted by Crippen LogP contribution is 2.17. The number of aliphatic carboxylic acids is 2. The maximum atomic E-state index is 11.3. The molecule has 2 saturated heterocycles. The number of hydrogen-bond donors (Lipinski definition) is 2. The molecule has 0 aliphatic carbocycles. The summed E-state index contributed by atoms with van der Waals surface area (Å²) in [6, 6.07) is 0. The Morgan fingerprint density at radius 3 is 1.60 bits per heavy atom. The Kier molecular flexibility index (Phi) is 8.11. The van der Waals surface area contributed by atoms with Crippen molar-refractivity contribution in [2.24, 2.45) is 0 Å². The normalized spacial score (nSPS) is 25.6. The first-order valence-electron chi connectivity index (χ1n) is 8.75. The van der Waals surface area contributed by atoms with Crippen LogP contribution in [0.1, 0.15) is 38.5 Å². The van der Waals surface area contributed by atoms with Crippen LogP contribution in [0.25, 0.3) is 0 Å². The quantitative estimate of drug-likeness (QED) is 0.644. The third-order valence-electron chi connectivity index (χ3n) is 4.27. The van der Waals surface area contributed by atoms with Gasteiger partial charge in [0.2, 0.25) is 0 Å². The van der Waals surface area contributed by atoms with Crippen molar-refractivity contribution < 1.29 is 34.0 Å². The van der Waals surface area contributed by atoms with E-state index in [0.717, 1.165) is 38.5 Å². The number of carboxylic acid groups (broad SMARTS) is 2. The minimum Gasteiger partial charge on any atom is -0.478 e. The Bertz CT molecular complexity index is 466. The van der Waals surface area contributed by atoms with Crippen molar-refractivity contribution in [1.29, 1.82) is 0 Å². The molecule has 25 heavy (non-hydrogen) atoms. The zero-order valence-corrected chi connectivity index (χ0v) is 14.3. The van der Waals surface area contributed by atoms with E-state index in [1.807, 2.05) is 0 Å². The predicted molar refractivity (Wildman–Crippen MR) is 89.4 cm³/mol. The third-order valence-corrected chi connectivity index (χ3v) is 4.27. The molecule has 0 spiro atoms. The highest BCUT2D eigenvalue weighted by atomic mass is 16.5. The Morgan fingerprint density at radius 2 is 1.28 bits per heavy atom. The van der Waals surface area contributed by atoms with Crippen LogP contribution in [-0.4, -0.2) is 60.8 Å². The third kappa shape index (κ3) is 6.97. The number of ether oxygens (including phenoxy) is 3. The maximum Gasteiger partial charge on any atom is 0.333 e. The first kappa shape index (κ1) is 19.6. The van der Waals surface area contributed by atoms with E-state index in [1.165, 1.54) is 0 Å². The lowest BCUT2D eigenvalue weighted by Crippen LogP contribution is -2.21. The van der Waals surface area contributed by atoms with Crippen LogP contribution in [0.15, 0.2) is 23.3 Å². The van der Waals surface area contributed by atoms with Gasteiger partial charge in [0.15, 0.2) is 0 Å². The molecule has 0 aromatic heterocycles. The van der Waals surface area contributed by atoms with E-state index in [-0.39, 0.29) is 36.6 Å². The van der Waals surface area contributed by atoms with E-state index in [0.29, 0.717) is 13.2 Å². The Labute approximate surface area is 147 Å². The van der Waals surface area contributed by atoms with Crippen molar-refractivity contribution in [3.8, 4) is 0 Å². The van der Waals surface area contributed by atoms with Crippen molar-refractivity contribution in [3.05, 3.63) is 23.3 Å². The molecule has 2 fully saturated rings. The minimum absolute atomic E-state index is 0.0885. The second-order valence-corrected chi connectivity index (χ2v) is 6.30. The molecule has 2 N–H and O–H groups in total. The lowest BCUT2D eigenvalue weighted by atomic mass is 10.1. The van der Waals surface area contributed by atoms with Crippen LogP contribution in [0.2, 0.25) is 0 Å². The largest absolute Gasteiger partial charge is 0.478 e. The smallest absolute Gasteiger partial charge is 0.333 e. The van der Waals surface area contributed by atoms with E-state index >= 15 is 0 Å². The summed E-state index contributed by atoms with van der Waals surface area (Å²) in [7, 11) is 0. The highest BCUT2D eigenvalue weighted by molar-refractivity contribution is 5.87. The van der Waals surface area contributed by atoms with Gasteiger partial charge in [-0.15, -0.1) is 0 Å². The lowest BCUT2D eigenvalue weighted by Gasteiger charge is -2.21. The Balaban J connectivity index is 1.89. The van der Waals surface area contributed by atoms with Gasteiger partial charge in [0.25, 0.3) is 0 Å². The average Bonchev–Trinajstić information content (AvgIpc) is 2.61. The first-order chi connectivity index (χ1) is 12.1. The van der Waals surface area contributed by atoms with Crippen LogP contribution in [0, 0.1) is 0 Å². The van der Waals surface area contributed by atoms with E-state index in [1.54, 1.807) is 12.2 Å². The molecule has 0 bridgehead atoms. The summed E-state index contributed by atoms with van der Waals surface area (Å²) in [5, 5.41) is 18.6. The van der Waals surface area contributed by atoms with Crippen LogP contribution < -0.4 is 0 Å². The second-order valence-electron chi connectivity index (χ2n) is 6.30. The van der Waals surface area contributed by atoms with E-state index in [9.17, 15) is 19.8 Å². The van der Waals surface area contributed by atoms with Crippen LogP contribution in [0.4, 0.5) is 0 Å². The molecule has 2 rings (SSSR count). The second kappa shape index (κ2) is 10.3. The molecular formula is C18H26O7. The SMILES string of the molecule is O=C(O)C(=CC1CCCCO1)COCC(=CC1CCCCO1)C(=O)O. The number of carboxylic acids is 2. The summed E-state index contributed by atoms with van der Waals surface area (Å²) < 4.78 is 16.4.